The van der Waals surface area contributed by atoms with Crippen molar-refractivity contribution in [2.45, 2.75) is 12.8 Å². The molecule has 27 heavy (non-hydrogen) atoms. The summed E-state index contributed by atoms with van der Waals surface area (Å²) in [5, 5.41) is 5.07. The van der Waals surface area contributed by atoms with Gasteiger partial charge >= 0.3 is 0 Å². The number of amides is 1. The Morgan fingerprint density at radius 1 is 1.00 bits per heavy atom. The summed E-state index contributed by atoms with van der Waals surface area (Å²) in [5.74, 6) is 0.269. The zero-order valence-electron chi connectivity index (χ0n) is 14.5. The van der Waals surface area contributed by atoms with Crippen LogP contribution < -0.4 is 5.32 Å². The second kappa shape index (κ2) is 7.41. The molecule has 0 unspecified atom stereocenters. The molecule has 1 amide bonds. The van der Waals surface area contributed by atoms with Gasteiger partial charge in [-0.15, -0.1) is 0 Å². The molecule has 0 saturated carbocycles. The Hall–Kier alpha value is -3.47. The third kappa shape index (κ3) is 3.87. The van der Waals surface area contributed by atoms with E-state index in [-0.39, 0.29) is 18.1 Å². The third-order valence-corrected chi connectivity index (χ3v) is 4.29. The van der Waals surface area contributed by atoms with Crippen LogP contribution in [-0.4, -0.2) is 10.9 Å². The van der Waals surface area contributed by atoms with Crippen LogP contribution in [0.4, 0.5) is 10.1 Å². The van der Waals surface area contributed by atoms with Gasteiger partial charge in [-0.05, 0) is 35.0 Å². The fourth-order valence-electron chi connectivity index (χ4n) is 2.92. The third-order valence-electron chi connectivity index (χ3n) is 4.29. The predicted octanol–water partition coefficient (Wildman–Crippen LogP) is 5.21. The number of benzene rings is 3. The highest BCUT2D eigenvalue weighted by Gasteiger charge is 2.12. The van der Waals surface area contributed by atoms with Crippen molar-refractivity contribution in [3.63, 3.8) is 0 Å². The molecule has 1 heterocycles. The van der Waals surface area contributed by atoms with Crippen molar-refractivity contribution >= 4 is 22.4 Å². The molecule has 0 spiro atoms. The summed E-state index contributed by atoms with van der Waals surface area (Å²) in [6.45, 7) is 0. The molecule has 0 fully saturated rings. The lowest BCUT2D eigenvalue weighted by Gasteiger charge is -2.06. The lowest BCUT2D eigenvalue weighted by molar-refractivity contribution is -0.116. The van der Waals surface area contributed by atoms with Gasteiger partial charge in [-0.1, -0.05) is 42.5 Å². The Balaban J connectivity index is 1.38. The van der Waals surface area contributed by atoms with E-state index >= 15 is 0 Å². The number of halogens is 1. The number of carbonyl (C=O) groups is 1. The van der Waals surface area contributed by atoms with E-state index in [1.54, 1.807) is 18.2 Å². The summed E-state index contributed by atoms with van der Waals surface area (Å²) in [7, 11) is 0. The van der Waals surface area contributed by atoms with Gasteiger partial charge in [-0.25, -0.2) is 9.37 Å². The summed E-state index contributed by atoms with van der Waals surface area (Å²) in [6.07, 6.45) is 2.05. The van der Waals surface area contributed by atoms with E-state index in [1.807, 2.05) is 42.5 Å². The molecule has 4 rings (SSSR count). The molecule has 0 atom stereocenters. The number of hydrogen-bond acceptors (Lipinski definition) is 3. The zero-order valence-corrected chi connectivity index (χ0v) is 14.5. The molecular weight excluding hydrogens is 343 g/mol. The molecule has 134 valence electrons. The summed E-state index contributed by atoms with van der Waals surface area (Å²) < 4.78 is 19.4. The summed E-state index contributed by atoms with van der Waals surface area (Å²) in [4.78, 5) is 16.4. The fraction of sp³-hybridized carbons (Fsp3) is 0.0909. The maximum Gasteiger partial charge on any atom is 0.224 e. The second-order valence-electron chi connectivity index (χ2n) is 6.21. The van der Waals surface area contributed by atoms with E-state index in [0.29, 0.717) is 23.6 Å². The number of carbonyl (C=O) groups excluding carboxylic acids is 1. The fourth-order valence-corrected chi connectivity index (χ4v) is 2.92. The van der Waals surface area contributed by atoms with Gasteiger partial charge < -0.3 is 9.73 Å². The standard InChI is InChI=1S/C22H17FN2O2/c23-19-8-4-3-7-18(19)20-14-24-22(27-20)12-11-21(26)25-17-10-9-15-5-1-2-6-16(15)13-17/h1-10,13-14H,11-12H2,(H,25,26). The highest BCUT2D eigenvalue weighted by atomic mass is 19.1. The zero-order chi connectivity index (χ0) is 18.6. The molecule has 1 N–H and O–H groups in total. The SMILES string of the molecule is O=C(CCc1ncc(-c2ccccc2F)o1)Nc1ccc2ccccc2c1. The van der Waals surface area contributed by atoms with Crippen LogP contribution in [0.5, 0.6) is 0 Å². The van der Waals surface area contributed by atoms with Gasteiger partial charge in [-0.2, -0.15) is 0 Å². The average molecular weight is 360 g/mol. The number of rotatable bonds is 5. The molecule has 0 aliphatic rings. The van der Waals surface area contributed by atoms with E-state index in [4.69, 9.17) is 4.42 Å². The quantitative estimate of drug-likeness (QED) is 0.532. The largest absolute Gasteiger partial charge is 0.441 e. The van der Waals surface area contributed by atoms with E-state index in [0.717, 1.165) is 16.5 Å². The molecule has 0 radical (unpaired) electrons. The Kier molecular flexibility index (Phi) is 4.66. The minimum atomic E-state index is -0.366. The van der Waals surface area contributed by atoms with Gasteiger partial charge in [0, 0.05) is 18.5 Å². The summed E-state index contributed by atoms with van der Waals surface area (Å²) in [6, 6.07) is 20.1. The first-order chi connectivity index (χ1) is 13.2. The Morgan fingerprint density at radius 3 is 2.63 bits per heavy atom. The van der Waals surface area contributed by atoms with Crippen molar-refractivity contribution in [1.29, 1.82) is 0 Å². The van der Waals surface area contributed by atoms with Crippen LogP contribution in [0.3, 0.4) is 0 Å². The number of anilines is 1. The van der Waals surface area contributed by atoms with Gasteiger partial charge in [0.15, 0.2) is 11.7 Å². The van der Waals surface area contributed by atoms with Crippen molar-refractivity contribution in [3.05, 3.63) is 84.6 Å². The first-order valence-electron chi connectivity index (χ1n) is 8.67. The lowest BCUT2D eigenvalue weighted by atomic mass is 10.1. The number of oxazole rings is 1. The molecule has 0 saturated heterocycles. The maximum atomic E-state index is 13.8. The van der Waals surface area contributed by atoms with Gasteiger partial charge in [0.2, 0.25) is 5.91 Å². The van der Waals surface area contributed by atoms with Crippen molar-refractivity contribution in [2.24, 2.45) is 0 Å². The van der Waals surface area contributed by atoms with E-state index in [1.165, 1.54) is 12.3 Å². The van der Waals surface area contributed by atoms with Gasteiger partial charge in [0.1, 0.15) is 5.82 Å². The van der Waals surface area contributed by atoms with Crippen molar-refractivity contribution in [1.82, 2.24) is 4.98 Å². The van der Waals surface area contributed by atoms with Crippen LogP contribution >= 0.6 is 0 Å². The normalized spacial score (nSPS) is 10.9. The summed E-state index contributed by atoms with van der Waals surface area (Å²) in [5.41, 5.74) is 1.11. The van der Waals surface area contributed by atoms with Crippen LogP contribution in [0.1, 0.15) is 12.3 Å². The van der Waals surface area contributed by atoms with Crippen LogP contribution in [0.2, 0.25) is 0 Å². The lowest BCUT2D eigenvalue weighted by Crippen LogP contribution is -2.12. The van der Waals surface area contributed by atoms with Gasteiger partial charge in [0.05, 0.1) is 11.8 Å². The smallest absolute Gasteiger partial charge is 0.224 e. The minimum Gasteiger partial charge on any atom is -0.441 e. The molecule has 0 aliphatic carbocycles. The molecular formula is C22H17FN2O2. The number of fused-ring (bicyclic) bond motifs is 1. The van der Waals surface area contributed by atoms with Crippen LogP contribution in [0.25, 0.3) is 22.1 Å². The first kappa shape index (κ1) is 17.0. The van der Waals surface area contributed by atoms with E-state index in [9.17, 15) is 9.18 Å². The second-order valence-corrected chi connectivity index (χ2v) is 6.21. The number of aromatic nitrogens is 1. The van der Waals surface area contributed by atoms with Gasteiger partial charge in [0.25, 0.3) is 0 Å². The molecule has 0 bridgehead atoms. The first-order valence-corrected chi connectivity index (χ1v) is 8.67. The molecule has 5 heteroatoms. The number of aryl methyl sites for hydroxylation is 1. The highest BCUT2D eigenvalue weighted by molar-refractivity contribution is 5.94. The topological polar surface area (TPSA) is 55.1 Å². The predicted molar refractivity (Wildman–Crippen MR) is 103 cm³/mol. The molecule has 1 aromatic heterocycles. The minimum absolute atomic E-state index is 0.129. The summed E-state index contributed by atoms with van der Waals surface area (Å²) >= 11 is 0. The molecule has 3 aromatic carbocycles. The van der Waals surface area contributed by atoms with E-state index < -0.39 is 0 Å². The molecule has 0 aliphatic heterocycles. The van der Waals surface area contributed by atoms with Crippen molar-refractivity contribution in [2.75, 3.05) is 5.32 Å². The number of hydrogen-bond donors (Lipinski definition) is 1. The van der Waals surface area contributed by atoms with Gasteiger partial charge in [-0.3, -0.25) is 4.79 Å². The van der Waals surface area contributed by atoms with Crippen molar-refractivity contribution in [3.8, 4) is 11.3 Å². The Morgan fingerprint density at radius 2 is 1.78 bits per heavy atom. The number of nitrogens with one attached hydrogen (secondary N) is 1. The van der Waals surface area contributed by atoms with Crippen LogP contribution in [0, 0.1) is 5.82 Å². The maximum absolute atomic E-state index is 13.8. The highest BCUT2D eigenvalue weighted by Crippen LogP contribution is 2.24. The Bertz CT molecular complexity index is 1100. The Labute approximate surface area is 155 Å². The monoisotopic (exact) mass is 360 g/mol. The number of nitrogens with zero attached hydrogens (tertiary/aromatic N) is 1. The van der Waals surface area contributed by atoms with Crippen LogP contribution in [-0.2, 0) is 11.2 Å². The molecule has 4 nitrogen and oxygen atoms in total. The van der Waals surface area contributed by atoms with Crippen molar-refractivity contribution < 1.29 is 13.6 Å². The molecule has 4 aromatic rings. The van der Waals surface area contributed by atoms with Crippen LogP contribution in [0.15, 0.2) is 77.3 Å². The average Bonchev–Trinajstić information content (AvgIpc) is 3.15. The van der Waals surface area contributed by atoms with E-state index in [2.05, 4.69) is 10.3 Å².